The van der Waals surface area contributed by atoms with E-state index in [9.17, 15) is 4.79 Å². The fourth-order valence-corrected chi connectivity index (χ4v) is 1.59. The Balaban J connectivity index is 2.48. The van der Waals surface area contributed by atoms with Crippen LogP contribution in [0.25, 0.3) is 0 Å². The maximum atomic E-state index is 11.8. The second-order valence-electron chi connectivity index (χ2n) is 3.62. The van der Waals surface area contributed by atoms with Gasteiger partial charge >= 0.3 is 0 Å². The van der Waals surface area contributed by atoms with Crippen LogP contribution in [0, 0.1) is 0 Å². The van der Waals surface area contributed by atoms with Gasteiger partial charge in [0.1, 0.15) is 11.0 Å². The molecule has 18 heavy (non-hydrogen) atoms. The number of hydrogen-bond acceptors (Lipinski definition) is 4. The largest absolute Gasteiger partial charge is 0.382 e. The van der Waals surface area contributed by atoms with Crippen molar-refractivity contribution in [3.8, 4) is 0 Å². The standard InChI is InChI=1S/C12H18ClN3O2/c1-3-18-6-4-5-15-12(17)9-7-10(13)16-11(8-9)14-2/h7-8H,3-6H2,1-2H3,(H,14,16)(H,15,17). The first-order chi connectivity index (χ1) is 8.67. The van der Waals surface area contributed by atoms with Crippen LogP contribution in [0.1, 0.15) is 23.7 Å². The van der Waals surface area contributed by atoms with Crippen LogP contribution in [-0.4, -0.2) is 37.7 Å². The quantitative estimate of drug-likeness (QED) is 0.588. The molecule has 1 amide bonds. The zero-order valence-corrected chi connectivity index (χ0v) is 11.4. The molecule has 2 N–H and O–H groups in total. The van der Waals surface area contributed by atoms with E-state index in [1.165, 1.54) is 0 Å². The van der Waals surface area contributed by atoms with Gasteiger partial charge in [-0.25, -0.2) is 4.98 Å². The van der Waals surface area contributed by atoms with Crippen molar-refractivity contribution in [2.24, 2.45) is 0 Å². The smallest absolute Gasteiger partial charge is 0.251 e. The molecular weight excluding hydrogens is 254 g/mol. The van der Waals surface area contributed by atoms with E-state index in [2.05, 4.69) is 15.6 Å². The molecule has 0 fully saturated rings. The zero-order valence-electron chi connectivity index (χ0n) is 10.6. The first-order valence-electron chi connectivity index (χ1n) is 5.88. The fourth-order valence-electron chi connectivity index (χ4n) is 1.38. The lowest BCUT2D eigenvalue weighted by atomic mass is 10.2. The van der Waals surface area contributed by atoms with Gasteiger partial charge in [0, 0.05) is 32.4 Å². The van der Waals surface area contributed by atoms with Crippen LogP contribution in [-0.2, 0) is 4.74 Å². The molecule has 6 heteroatoms. The van der Waals surface area contributed by atoms with Crippen LogP contribution < -0.4 is 10.6 Å². The van der Waals surface area contributed by atoms with Gasteiger partial charge in [0.25, 0.3) is 5.91 Å². The lowest BCUT2D eigenvalue weighted by molar-refractivity contribution is 0.0944. The highest BCUT2D eigenvalue weighted by Crippen LogP contribution is 2.13. The molecule has 1 aromatic rings. The van der Waals surface area contributed by atoms with Gasteiger partial charge in [-0.2, -0.15) is 0 Å². The van der Waals surface area contributed by atoms with Gasteiger partial charge in [-0.3, -0.25) is 4.79 Å². The third-order valence-corrected chi connectivity index (χ3v) is 2.46. The average Bonchev–Trinajstić information content (AvgIpc) is 2.37. The number of anilines is 1. The fraction of sp³-hybridized carbons (Fsp3) is 0.500. The predicted molar refractivity (Wildman–Crippen MR) is 72.2 cm³/mol. The van der Waals surface area contributed by atoms with E-state index in [-0.39, 0.29) is 5.91 Å². The van der Waals surface area contributed by atoms with Gasteiger partial charge in [0.15, 0.2) is 0 Å². The van der Waals surface area contributed by atoms with Crippen molar-refractivity contribution >= 4 is 23.3 Å². The summed E-state index contributed by atoms with van der Waals surface area (Å²) in [5.74, 6) is 0.411. The highest BCUT2D eigenvalue weighted by atomic mass is 35.5. The molecule has 1 aromatic heterocycles. The van der Waals surface area contributed by atoms with Crippen molar-refractivity contribution in [1.82, 2.24) is 10.3 Å². The minimum absolute atomic E-state index is 0.160. The molecule has 1 rings (SSSR count). The maximum Gasteiger partial charge on any atom is 0.251 e. The van der Waals surface area contributed by atoms with Crippen molar-refractivity contribution in [1.29, 1.82) is 0 Å². The minimum Gasteiger partial charge on any atom is -0.382 e. The van der Waals surface area contributed by atoms with Gasteiger partial charge < -0.3 is 15.4 Å². The summed E-state index contributed by atoms with van der Waals surface area (Å²) in [5.41, 5.74) is 0.496. The topological polar surface area (TPSA) is 63.2 Å². The van der Waals surface area contributed by atoms with E-state index in [4.69, 9.17) is 16.3 Å². The summed E-state index contributed by atoms with van der Waals surface area (Å²) in [6, 6.07) is 3.20. The molecular formula is C12H18ClN3O2. The summed E-state index contributed by atoms with van der Waals surface area (Å²) < 4.78 is 5.18. The third-order valence-electron chi connectivity index (χ3n) is 2.27. The predicted octanol–water partition coefficient (Wildman–Crippen LogP) is 1.93. The lowest BCUT2D eigenvalue weighted by Crippen LogP contribution is -2.25. The number of nitrogens with one attached hydrogen (secondary N) is 2. The Morgan fingerprint density at radius 2 is 2.28 bits per heavy atom. The Kier molecular flexibility index (Phi) is 6.46. The van der Waals surface area contributed by atoms with Gasteiger partial charge in [0.05, 0.1) is 0 Å². The van der Waals surface area contributed by atoms with Crippen molar-refractivity contribution in [2.75, 3.05) is 32.1 Å². The second kappa shape index (κ2) is 7.89. The van der Waals surface area contributed by atoms with E-state index in [0.29, 0.717) is 36.3 Å². The SMILES string of the molecule is CCOCCCNC(=O)c1cc(Cl)nc(NC)c1. The molecule has 0 aliphatic carbocycles. The molecule has 5 nitrogen and oxygen atoms in total. The molecule has 1 heterocycles. The van der Waals surface area contributed by atoms with Crippen LogP contribution in [0.4, 0.5) is 5.82 Å². The number of ether oxygens (including phenoxy) is 1. The Hall–Kier alpha value is -1.33. The molecule has 0 saturated heterocycles. The van der Waals surface area contributed by atoms with Crippen LogP contribution in [0.2, 0.25) is 5.15 Å². The lowest BCUT2D eigenvalue weighted by Gasteiger charge is -2.07. The molecule has 0 spiro atoms. The molecule has 0 radical (unpaired) electrons. The summed E-state index contributed by atoms with van der Waals surface area (Å²) in [6.45, 7) is 3.86. The van der Waals surface area contributed by atoms with Gasteiger partial charge in [-0.05, 0) is 25.5 Å². The number of aromatic nitrogens is 1. The molecule has 0 saturated carbocycles. The minimum atomic E-state index is -0.160. The number of hydrogen-bond donors (Lipinski definition) is 2. The summed E-state index contributed by atoms with van der Waals surface area (Å²) in [4.78, 5) is 15.8. The Morgan fingerprint density at radius 3 is 2.94 bits per heavy atom. The molecule has 0 aliphatic rings. The molecule has 0 aliphatic heterocycles. The van der Waals surface area contributed by atoms with Gasteiger partial charge in [0.2, 0.25) is 0 Å². The van der Waals surface area contributed by atoms with Crippen LogP contribution in [0.3, 0.4) is 0 Å². The van der Waals surface area contributed by atoms with Crippen LogP contribution in [0.15, 0.2) is 12.1 Å². The Morgan fingerprint density at radius 1 is 1.50 bits per heavy atom. The Bertz CT molecular complexity index is 399. The highest BCUT2D eigenvalue weighted by Gasteiger charge is 2.08. The van der Waals surface area contributed by atoms with E-state index >= 15 is 0 Å². The number of amides is 1. The third kappa shape index (κ3) is 4.89. The summed E-state index contributed by atoms with van der Waals surface area (Å²) in [7, 11) is 1.72. The maximum absolute atomic E-state index is 11.8. The first-order valence-corrected chi connectivity index (χ1v) is 6.26. The number of nitrogens with zero attached hydrogens (tertiary/aromatic N) is 1. The Labute approximate surface area is 112 Å². The van der Waals surface area contributed by atoms with Gasteiger partial charge in [-0.1, -0.05) is 11.6 Å². The molecule has 0 bridgehead atoms. The normalized spacial score (nSPS) is 10.2. The van der Waals surface area contributed by atoms with E-state index in [0.717, 1.165) is 6.42 Å². The molecule has 0 aromatic carbocycles. The molecule has 0 atom stereocenters. The van der Waals surface area contributed by atoms with Crippen molar-refractivity contribution < 1.29 is 9.53 Å². The second-order valence-corrected chi connectivity index (χ2v) is 4.01. The highest BCUT2D eigenvalue weighted by molar-refractivity contribution is 6.29. The summed E-state index contributed by atoms with van der Waals surface area (Å²) in [5, 5.41) is 5.95. The zero-order chi connectivity index (χ0) is 13.4. The number of rotatable bonds is 7. The summed E-state index contributed by atoms with van der Waals surface area (Å²) >= 11 is 5.82. The first kappa shape index (κ1) is 14.7. The van der Waals surface area contributed by atoms with Crippen molar-refractivity contribution in [2.45, 2.75) is 13.3 Å². The van der Waals surface area contributed by atoms with Crippen LogP contribution in [0.5, 0.6) is 0 Å². The monoisotopic (exact) mass is 271 g/mol. The number of carbonyl (C=O) groups is 1. The molecule has 0 unspecified atom stereocenters. The van der Waals surface area contributed by atoms with E-state index in [1.54, 1.807) is 19.2 Å². The number of carbonyl (C=O) groups excluding carboxylic acids is 1. The number of pyridine rings is 1. The number of halogens is 1. The molecule has 100 valence electrons. The summed E-state index contributed by atoms with van der Waals surface area (Å²) in [6.07, 6.45) is 0.789. The van der Waals surface area contributed by atoms with E-state index in [1.807, 2.05) is 6.92 Å². The van der Waals surface area contributed by atoms with Crippen molar-refractivity contribution in [3.63, 3.8) is 0 Å². The van der Waals surface area contributed by atoms with Crippen LogP contribution >= 0.6 is 11.6 Å². The average molecular weight is 272 g/mol. The van der Waals surface area contributed by atoms with Gasteiger partial charge in [-0.15, -0.1) is 0 Å². The van der Waals surface area contributed by atoms with E-state index < -0.39 is 0 Å². The van der Waals surface area contributed by atoms with Crippen molar-refractivity contribution in [3.05, 3.63) is 22.8 Å².